The van der Waals surface area contributed by atoms with E-state index < -0.39 is 0 Å². The summed E-state index contributed by atoms with van der Waals surface area (Å²) in [5.41, 5.74) is 2.10. The second kappa shape index (κ2) is 9.29. The molecule has 1 aliphatic heterocycles. The minimum atomic E-state index is -0.128. The molecule has 1 saturated carbocycles. The number of alkyl halides is 1. The maximum atomic E-state index is 12.6. The average Bonchev–Trinajstić information content (AvgIpc) is 3.38. The summed E-state index contributed by atoms with van der Waals surface area (Å²) in [6.45, 7) is 2.58. The summed E-state index contributed by atoms with van der Waals surface area (Å²) in [6, 6.07) is 12.3. The van der Waals surface area contributed by atoms with Crippen molar-refractivity contribution >= 4 is 29.3 Å². The van der Waals surface area contributed by atoms with E-state index in [0.29, 0.717) is 12.3 Å². The lowest BCUT2D eigenvalue weighted by Gasteiger charge is -2.41. The molecule has 7 nitrogen and oxygen atoms in total. The fraction of sp³-hybridized carbons (Fsp3) is 0.435. The van der Waals surface area contributed by atoms with Crippen LogP contribution < -0.4 is 10.6 Å². The van der Waals surface area contributed by atoms with Crippen molar-refractivity contribution in [3.05, 3.63) is 54.0 Å². The summed E-state index contributed by atoms with van der Waals surface area (Å²) in [6.07, 6.45) is 4.11. The van der Waals surface area contributed by atoms with Crippen LogP contribution in [0.2, 0.25) is 0 Å². The maximum Gasteiger partial charge on any atom is 0.225 e. The molecule has 2 aliphatic rings. The maximum absolute atomic E-state index is 12.6. The number of aromatic nitrogens is 3. The number of amides is 1. The molecule has 32 heavy (non-hydrogen) atoms. The van der Waals surface area contributed by atoms with Gasteiger partial charge in [0.25, 0.3) is 0 Å². The van der Waals surface area contributed by atoms with Crippen molar-refractivity contribution in [3.63, 3.8) is 0 Å². The molecular weight excluding hydrogens is 446 g/mol. The molecule has 4 unspecified atom stereocenters. The first-order chi connectivity index (χ1) is 15.6. The number of hydrogen-bond acceptors (Lipinski definition) is 6. The topological polar surface area (TPSA) is 85.0 Å². The summed E-state index contributed by atoms with van der Waals surface area (Å²) in [4.78, 5) is 12.6. The smallest absolute Gasteiger partial charge is 0.225 e. The molecule has 4 atom stereocenters. The van der Waals surface area contributed by atoms with Crippen LogP contribution in [0.15, 0.2) is 52.2 Å². The number of rotatable bonds is 6. The van der Waals surface area contributed by atoms with Crippen LogP contribution in [-0.4, -0.2) is 44.0 Å². The number of halogens is 1. The van der Waals surface area contributed by atoms with Crippen molar-refractivity contribution in [2.45, 2.75) is 55.5 Å². The molecule has 5 rings (SSSR count). The summed E-state index contributed by atoms with van der Waals surface area (Å²) in [5.74, 6) is 2.38. The second-order valence-electron chi connectivity index (χ2n) is 8.43. The fourth-order valence-electron chi connectivity index (χ4n) is 4.56. The first kappa shape index (κ1) is 21.6. The van der Waals surface area contributed by atoms with Gasteiger partial charge in [-0.3, -0.25) is 14.7 Å². The molecule has 3 aromatic rings. The predicted molar refractivity (Wildman–Crippen MR) is 125 cm³/mol. The van der Waals surface area contributed by atoms with E-state index in [1.165, 1.54) is 5.56 Å². The van der Waals surface area contributed by atoms with Crippen molar-refractivity contribution < 1.29 is 9.21 Å². The average molecular weight is 472 g/mol. The predicted octanol–water partition coefficient (Wildman–Crippen LogP) is 3.81. The summed E-state index contributed by atoms with van der Waals surface area (Å²) >= 11 is 7.95. The molecule has 2 N–H and O–H groups in total. The normalized spacial score (nSPS) is 25.4. The minimum absolute atomic E-state index is 0.0173. The number of carbonyl (C=O) groups is 1. The molecule has 1 amide bonds. The van der Waals surface area contributed by atoms with E-state index in [0.717, 1.165) is 41.6 Å². The third kappa shape index (κ3) is 4.44. The van der Waals surface area contributed by atoms with E-state index in [1.54, 1.807) is 18.0 Å². The van der Waals surface area contributed by atoms with Crippen molar-refractivity contribution in [3.8, 4) is 11.4 Å². The zero-order valence-corrected chi connectivity index (χ0v) is 19.4. The Morgan fingerprint density at radius 1 is 1.22 bits per heavy atom. The number of carbonyl (C=O) groups excluding carboxylic acids is 1. The van der Waals surface area contributed by atoms with Gasteiger partial charge >= 0.3 is 0 Å². The largest absolute Gasteiger partial charge is 0.469 e. The third-order valence-corrected chi connectivity index (χ3v) is 7.69. The zero-order chi connectivity index (χ0) is 22.1. The van der Waals surface area contributed by atoms with Gasteiger partial charge in [-0.15, -0.1) is 21.8 Å². The quantitative estimate of drug-likeness (QED) is 0.420. The number of furan rings is 1. The summed E-state index contributed by atoms with van der Waals surface area (Å²) in [5, 5.41) is 16.6. The molecule has 0 bridgehead atoms. The van der Waals surface area contributed by atoms with Gasteiger partial charge in [0.2, 0.25) is 5.91 Å². The molecule has 9 heteroatoms. The monoisotopic (exact) mass is 471 g/mol. The van der Waals surface area contributed by atoms with E-state index >= 15 is 0 Å². The highest BCUT2D eigenvalue weighted by atomic mass is 35.5. The molecular formula is C23H26ClN5O2S. The van der Waals surface area contributed by atoms with Gasteiger partial charge in [0, 0.05) is 17.2 Å². The first-order valence-electron chi connectivity index (χ1n) is 10.9. The number of fused-ring (bicyclic) bond motifs is 1. The van der Waals surface area contributed by atoms with Gasteiger partial charge in [-0.05, 0) is 37.8 Å². The molecule has 0 radical (unpaired) electrons. The molecule has 1 aliphatic carbocycles. The standard InChI is InChI=1S/C23H26ClN5O2S/c1-14-17(9-10-31-14)21-27-28-23(29(21)12-15-5-3-2-4-6-15)32-13-20-25-19-11-16(24)7-8-18(19)22(30)26-20/h2-6,9-10,16,18-20,25H,7-8,11-13H2,1H3,(H,26,30). The zero-order valence-electron chi connectivity index (χ0n) is 17.8. The number of hydrogen-bond donors (Lipinski definition) is 2. The van der Waals surface area contributed by atoms with Gasteiger partial charge < -0.3 is 9.73 Å². The van der Waals surface area contributed by atoms with E-state index in [-0.39, 0.29) is 29.4 Å². The van der Waals surface area contributed by atoms with Crippen LogP contribution in [0.3, 0.4) is 0 Å². The Kier molecular flexibility index (Phi) is 6.26. The molecule has 1 saturated heterocycles. The number of aryl methyl sites for hydroxylation is 1. The van der Waals surface area contributed by atoms with Gasteiger partial charge in [-0.1, -0.05) is 42.1 Å². The van der Waals surface area contributed by atoms with Gasteiger partial charge in [0.1, 0.15) is 5.76 Å². The number of thioether (sulfide) groups is 1. The van der Waals surface area contributed by atoms with Crippen LogP contribution >= 0.6 is 23.4 Å². The van der Waals surface area contributed by atoms with Gasteiger partial charge in [0.05, 0.1) is 30.5 Å². The first-order valence-corrected chi connectivity index (χ1v) is 12.4. The molecule has 0 spiro atoms. The lowest BCUT2D eigenvalue weighted by molar-refractivity contribution is -0.130. The lowest BCUT2D eigenvalue weighted by Crippen LogP contribution is -2.63. The van der Waals surface area contributed by atoms with Crippen LogP contribution in [0.25, 0.3) is 11.4 Å². The summed E-state index contributed by atoms with van der Waals surface area (Å²) in [7, 11) is 0. The van der Waals surface area contributed by atoms with Crippen LogP contribution in [0.5, 0.6) is 0 Å². The SMILES string of the molecule is Cc1occc1-c1nnc(SCC2NC(=O)C3CCC(Cl)CC3N2)n1Cc1ccccc1. The second-order valence-corrected chi connectivity index (χ2v) is 10.0. The number of nitrogens with zero attached hydrogens (tertiary/aromatic N) is 3. The van der Waals surface area contributed by atoms with Crippen molar-refractivity contribution in [2.24, 2.45) is 5.92 Å². The lowest BCUT2D eigenvalue weighted by atomic mass is 9.82. The Labute approximate surface area is 196 Å². The Hall–Kier alpha value is -2.29. The van der Waals surface area contributed by atoms with Crippen LogP contribution in [0.1, 0.15) is 30.6 Å². The van der Waals surface area contributed by atoms with Crippen molar-refractivity contribution in [1.29, 1.82) is 0 Å². The number of benzene rings is 1. The third-order valence-electron chi connectivity index (χ3n) is 6.23. The molecule has 168 valence electrons. The van der Waals surface area contributed by atoms with E-state index in [2.05, 4.69) is 37.5 Å². The van der Waals surface area contributed by atoms with Crippen molar-refractivity contribution in [1.82, 2.24) is 25.4 Å². The van der Waals surface area contributed by atoms with Gasteiger partial charge in [-0.2, -0.15) is 0 Å². The molecule has 2 fully saturated rings. The van der Waals surface area contributed by atoms with Gasteiger partial charge in [0.15, 0.2) is 11.0 Å². The van der Waals surface area contributed by atoms with E-state index in [4.69, 9.17) is 16.0 Å². The Balaban J connectivity index is 1.35. The summed E-state index contributed by atoms with van der Waals surface area (Å²) < 4.78 is 7.61. The van der Waals surface area contributed by atoms with Crippen LogP contribution in [0, 0.1) is 12.8 Å². The minimum Gasteiger partial charge on any atom is -0.469 e. The highest BCUT2D eigenvalue weighted by Gasteiger charge is 2.39. The highest BCUT2D eigenvalue weighted by Crippen LogP contribution is 2.32. The Morgan fingerprint density at radius 3 is 2.84 bits per heavy atom. The Bertz CT molecular complexity index is 1090. The van der Waals surface area contributed by atoms with Gasteiger partial charge in [-0.25, -0.2) is 0 Å². The van der Waals surface area contributed by atoms with Crippen molar-refractivity contribution in [2.75, 3.05) is 5.75 Å². The molecule has 3 heterocycles. The highest BCUT2D eigenvalue weighted by molar-refractivity contribution is 7.99. The van der Waals surface area contributed by atoms with Crippen LogP contribution in [0.4, 0.5) is 0 Å². The molecule has 2 aromatic heterocycles. The fourth-order valence-corrected chi connectivity index (χ4v) is 5.78. The van der Waals surface area contributed by atoms with E-state index in [9.17, 15) is 4.79 Å². The van der Waals surface area contributed by atoms with Crippen LogP contribution in [-0.2, 0) is 11.3 Å². The Morgan fingerprint density at radius 2 is 2.06 bits per heavy atom. The number of nitrogens with one attached hydrogen (secondary N) is 2. The van der Waals surface area contributed by atoms with E-state index in [1.807, 2.05) is 31.2 Å². The molecule has 1 aromatic carbocycles.